The van der Waals surface area contributed by atoms with Crippen molar-refractivity contribution >= 4 is 5.78 Å². The second-order valence-corrected chi connectivity index (χ2v) is 3.91. The summed E-state index contributed by atoms with van der Waals surface area (Å²) in [5.41, 5.74) is 1.84. The topological polar surface area (TPSA) is 68.0 Å². The monoisotopic (exact) mass is 451 g/mol. The maximum atomic E-state index is 10.0. The summed E-state index contributed by atoms with van der Waals surface area (Å²) in [6, 6.07) is 5.77. The van der Waals surface area contributed by atoms with Crippen molar-refractivity contribution in [1.82, 2.24) is 14.8 Å². The van der Waals surface area contributed by atoms with E-state index in [4.69, 9.17) is 5.11 Å². The molecule has 0 atom stereocenters. The van der Waals surface area contributed by atoms with Crippen molar-refractivity contribution in [1.29, 1.82) is 0 Å². The van der Waals surface area contributed by atoms with Crippen LogP contribution in [0.5, 0.6) is 0 Å². The van der Waals surface area contributed by atoms with Crippen LogP contribution in [-0.4, -0.2) is 25.7 Å². The summed E-state index contributed by atoms with van der Waals surface area (Å²) in [6.07, 6.45) is 7.71. The molecule has 0 amide bonds. The van der Waals surface area contributed by atoms with E-state index in [-0.39, 0.29) is 31.6 Å². The molecule has 1 N–H and O–H groups in total. The number of pyridine rings is 1. The molecule has 0 unspecified atom stereocenters. The predicted octanol–water partition coefficient (Wildman–Crippen LogP) is 2.32. The van der Waals surface area contributed by atoms with Gasteiger partial charge in [-0.1, -0.05) is 24.5 Å². The number of rotatable bonds is 2. The second kappa shape index (κ2) is 9.18. The van der Waals surface area contributed by atoms with Crippen molar-refractivity contribution in [3.05, 3.63) is 48.6 Å². The zero-order valence-electron chi connectivity index (χ0n) is 11.5. The van der Waals surface area contributed by atoms with Gasteiger partial charge < -0.3 is 14.8 Å². The number of nitrogens with zero attached hydrogens (tertiary/aromatic N) is 3. The van der Waals surface area contributed by atoms with Crippen molar-refractivity contribution in [3.8, 4) is 11.3 Å². The van der Waals surface area contributed by atoms with Crippen LogP contribution in [0.4, 0.5) is 0 Å². The number of ketones is 1. The first-order valence-corrected chi connectivity index (χ1v) is 5.69. The van der Waals surface area contributed by atoms with Gasteiger partial charge in [0.2, 0.25) is 0 Å². The molecular formula is C14H16IrN3O2-. The average molecular weight is 451 g/mol. The smallest absolute Gasteiger partial charge is 0.155 e. The quantitative estimate of drug-likeness (QED) is 0.433. The van der Waals surface area contributed by atoms with E-state index in [0.29, 0.717) is 0 Å². The van der Waals surface area contributed by atoms with Gasteiger partial charge in [-0.05, 0) is 25.6 Å². The molecule has 2 aromatic rings. The molecule has 0 saturated heterocycles. The maximum Gasteiger partial charge on any atom is 0.155 e. The first-order valence-electron chi connectivity index (χ1n) is 5.69. The van der Waals surface area contributed by atoms with Crippen molar-refractivity contribution in [2.24, 2.45) is 7.05 Å². The number of carbonyl (C=O) groups is 1. The molecule has 0 fully saturated rings. The molecule has 0 aliphatic heterocycles. The van der Waals surface area contributed by atoms with Gasteiger partial charge in [0.25, 0.3) is 0 Å². The van der Waals surface area contributed by atoms with Crippen molar-refractivity contribution in [2.45, 2.75) is 13.8 Å². The van der Waals surface area contributed by atoms with E-state index in [2.05, 4.69) is 16.3 Å². The standard InChI is InChI=1S/C9H8N3.C5H8O2.Ir/c1-12-7-8(6-11-12)9-4-2-3-5-10-9;1-4(6)3-5(2)7;/h2-6H,1H3;3,6H,1-2H3;/q-1;;/b;4-3-;. The number of aliphatic hydroxyl groups excluding tert-OH is 1. The normalized spacial score (nSPS) is 10.1. The molecule has 0 bridgehead atoms. The van der Waals surface area contributed by atoms with E-state index in [1.54, 1.807) is 17.1 Å². The van der Waals surface area contributed by atoms with Crippen LogP contribution in [0.2, 0.25) is 0 Å². The first-order chi connectivity index (χ1) is 8.99. The van der Waals surface area contributed by atoms with Crippen LogP contribution in [0.1, 0.15) is 13.8 Å². The average Bonchev–Trinajstić information content (AvgIpc) is 2.76. The van der Waals surface area contributed by atoms with E-state index >= 15 is 0 Å². The van der Waals surface area contributed by atoms with Crippen LogP contribution < -0.4 is 0 Å². The van der Waals surface area contributed by atoms with Gasteiger partial charge in [0, 0.05) is 39.4 Å². The number of hydrogen-bond acceptors (Lipinski definition) is 4. The molecule has 2 heterocycles. The Morgan fingerprint density at radius 1 is 1.40 bits per heavy atom. The molecule has 2 aromatic heterocycles. The molecule has 5 nitrogen and oxygen atoms in total. The summed E-state index contributed by atoms with van der Waals surface area (Å²) in [7, 11) is 1.84. The number of aliphatic hydroxyl groups is 1. The fourth-order valence-corrected chi connectivity index (χ4v) is 1.32. The van der Waals surface area contributed by atoms with Crippen LogP contribution in [0.3, 0.4) is 0 Å². The van der Waals surface area contributed by atoms with Crippen molar-refractivity contribution in [2.75, 3.05) is 0 Å². The van der Waals surface area contributed by atoms with Gasteiger partial charge in [-0.25, -0.2) is 0 Å². The molecule has 20 heavy (non-hydrogen) atoms. The van der Waals surface area contributed by atoms with Crippen LogP contribution in [0, 0.1) is 6.20 Å². The van der Waals surface area contributed by atoms with E-state index in [9.17, 15) is 4.79 Å². The van der Waals surface area contributed by atoms with E-state index in [1.807, 2.05) is 25.2 Å². The first kappa shape index (κ1) is 18.2. The minimum absolute atomic E-state index is 0. The van der Waals surface area contributed by atoms with Gasteiger partial charge in [-0.3, -0.25) is 9.89 Å². The summed E-state index contributed by atoms with van der Waals surface area (Å²) >= 11 is 0. The number of allylic oxidation sites excluding steroid dienone is 2. The molecule has 0 spiro atoms. The number of aryl methyl sites for hydroxylation is 1. The Morgan fingerprint density at radius 3 is 2.45 bits per heavy atom. The van der Waals surface area contributed by atoms with Gasteiger partial charge in [0.05, 0.1) is 5.76 Å². The predicted molar refractivity (Wildman–Crippen MR) is 72.3 cm³/mol. The largest absolute Gasteiger partial charge is 0.512 e. The summed E-state index contributed by atoms with van der Waals surface area (Å²) in [4.78, 5) is 14.2. The molecule has 0 aliphatic carbocycles. The Balaban J connectivity index is 0.000000396. The third-order valence-electron chi connectivity index (χ3n) is 2.00. The van der Waals surface area contributed by atoms with E-state index in [1.165, 1.54) is 19.9 Å². The summed E-state index contributed by atoms with van der Waals surface area (Å²) in [5, 5.41) is 12.4. The molecule has 0 saturated carbocycles. The van der Waals surface area contributed by atoms with Crippen LogP contribution in [-0.2, 0) is 31.9 Å². The third kappa shape index (κ3) is 6.97. The molecule has 109 valence electrons. The van der Waals surface area contributed by atoms with Gasteiger partial charge in [0.15, 0.2) is 5.78 Å². The fourth-order valence-electron chi connectivity index (χ4n) is 1.32. The van der Waals surface area contributed by atoms with E-state index in [0.717, 1.165) is 11.3 Å². The SMILES string of the molecule is CC(=O)/C=C(/C)O.Cn1[c-]c(-c2ccccn2)cn1.[Ir]. The molecule has 1 radical (unpaired) electrons. The van der Waals surface area contributed by atoms with Crippen molar-refractivity contribution < 1.29 is 30.0 Å². The van der Waals surface area contributed by atoms with Gasteiger partial charge in [-0.2, -0.15) is 0 Å². The minimum atomic E-state index is -0.125. The molecule has 0 aromatic carbocycles. The van der Waals surface area contributed by atoms with Gasteiger partial charge in [-0.15, -0.1) is 5.56 Å². The van der Waals surface area contributed by atoms with Gasteiger partial charge in [0.1, 0.15) is 0 Å². The number of carbonyl (C=O) groups excluding carboxylic acids is 1. The summed E-state index contributed by atoms with van der Waals surface area (Å²) < 4.78 is 1.64. The Morgan fingerprint density at radius 2 is 2.10 bits per heavy atom. The van der Waals surface area contributed by atoms with Gasteiger partial charge >= 0.3 is 0 Å². The Labute approximate surface area is 131 Å². The van der Waals surface area contributed by atoms with Crippen molar-refractivity contribution in [3.63, 3.8) is 0 Å². The second-order valence-electron chi connectivity index (χ2n) is 3.91. The minimum Gasteiger partial charge on any atom is -0.512 e. The fraction of sp³-hybridized carbons (Fsp3) is 0.214. The number of hydrogen-bond donors (Lipinski definition) is 1. The summed E-state index contributed by atoms with van der Waals surface area (Å²) in [6.45, 7) is 2.85. The zero-order chi connectivity index (χ0) is 14.3. The molecule has 6 heteroatoms. The van der Waals surface area contributed by atoms with E-state index < -0.39 is 0 Å². The summed E-state index contributed by atoms with van der Waals surface area (Å²) in [5.74, 6) is -0.0625. The molecule has 0 aliphatic rings. The van der Waals surface area contributed by atoms with Crippen LogP contribution >= 0.6 is 0 Å². The Kier molecular flexibility index (Phi) is 8.36. The molecular weight excluding hydrogens is 434 g/mol. The Bertz CT molecular complexity index is 561. The van der Waals surface area contributed by atoms with Crippen LogP contribution in [0.25, 0.3) is 11.3 Å². The zero-order valence-corrected chi connectivity index (χ0v) is 13.9. The maximum absolute atomic E-state index is 10.0. The number of aromatic nitrogens is 3. The molecule has 2 rings (SSSR count). The van der Waals surface area contributed by atoms with Crippen LogP contribution in [0.15, 0.2) is 42.4 Å². The Hall–Kier alpha value is -1.78. The third-order valence-corrected chi connectivity index (χ3v) is 2.00.